The first-order chi connectivity index (χ1) is 8.72. The van der Waals surface area contributed by atoms with Gasteiger partial charge < -0.3 is 5.32 Å². The number of fused-ring (bicyclic) bond motifs is 1. The third kappa shape index (κ3) is 2.53. The van der Waals surface area contributed by atoms with Crippen LogP contribution >= 0.6 is 27.3 Å². The first-order valence-corrected chi connectivity index (χ1v) is 7.96. The number of halogens is 1. The van der Waals surface area contributed by atoms with Crippen molar-refractivity contribution in [1.29, 1.82) is 0 Å². The van der Waals surface area contributed by atoms with Gasteiger partial charge in [-0.3, -0.25) is 0 Å². The molecule has 1 nitrogen and oxygen atoms in total. The van der Waals surface area contributed by atoms with E-state index < -0.39 is 0 Å². The van der Waals surface area contributed by atoms with Gasteiger partial charge in [-0.25, -0.2) is 0 Å². The summed E-state index contributed by atoms with van der Waals surface area (Å²) in [6.45, 7) is 2.25. The smallest absolute Gasteiger partial charge is 0.0388 e. The third-order valence-electron chi connectivity index (χ3n) is 3.55. The van der Waals surface area contributed by atoms with Crippen LogP contribution in [0.15, 0.2) is 40.2 Å². The van der Waals surface area contributed by atoms with E-state index in [-0.39, 0.29) is 0 Å². The number of nitrogens with one attached hydrogen (secondary N) is 1. The summed E-state index contributed by atoms with van der Waals surface area (Å²) in [5, 5.41) is 5.89. The van der Waals surface area contributed by atoms with Gasteiger partial charge in [-0.15, -0.1) is 11.3 Å². The van der Waals surface area contributed by atoms with Crippen LogP contribution < -0.4 is 5.32 Å². The van der Waals surface area contributed by atoms with E-state index in [2.05, 4.69) is 63.9 Å². The molecule has 1 aromatic heterocycles. The van der Waals surface area contributed by atoms with Crippen LogP contribution in [-0.2, 0) is 12.8 Å². The van der Waals surface area contributed by atoms with E-state index in [9.17, 15) is 0 Å². The van der Waals surface area contributed by atoms with Crippen LogP contribution in [0.1, 0.15) is 29.0 Å². The molecule has 0 spiro atoms. The van der Waals surface area contributed by atoms with Gasteiger partial charge in [0.25, 0.3) is 0 Å². The van der Waals surface area contributed by atoms with Gasteiger partial charge in [-0.05, 0) is 52.9 Å². The van der Waals surface area contributed by atoms with Crippen molar-refractivity contribution in [3.8, 4) is 0 Å². The Morgan fingerprint density at radius 3 is 2.50 bits per heavy atom. The van der Waals surface area contributed by atoms with E-state index in [0.29, 0.717) is 12.1 Å². The van der Waals surface area contributed by atoms with Gasteiger partial charge in [-0.1, -0.05) is 24.3 Å². The maximum atomic E-state index is 3.74. The summed E-state index contributed by atoms with van der Waals surface area (Å²) in [6, 6.07) is 12.0. The molecule has 94 valence electrons. The minimum atomic E-state index is 0.431. The van der Waals surface area contributed by atoms with Crippen molar-refractivity contribution in [2.24, 2.45) is 0 Å². The van der Waals surface area contributed by atoms with Crippen molar-refractivity contribution in [1.82, 2.24) is 5.32 Å². The molecular formula is C15H16BrNS. The molecule has 3 heteroatoms. The van der Waals surface area contributed by atoms with Crippen LogP contribution in [0.3, 0.4) is 0 Å². The highest BCUT2D eigenvalue weighted by molar-refractivity contribution is 9.10. The molecule has 1 atom stereocenters. The Hall–Kier alpha value is -0.640. The zero-order valence-electron chi connectivity index (χ0n) is 10.3. The highest BCUT2D eigenvalue weighted by atomic mass is 79.9. The predicted octanol–water partition coefficient (Wildman–Crippen LogP) is 4.33. The number of rotatable bonds is 3. The lowest BCUT2D eigenvalue weighted by Crippen LogP contribution is -2.31. The summed E-state index contributed by atoms with van der Waals surface area (Å²) in [5.74, 6) is 0. The Morgan fingerprint density at radius 1 is 1.28 bits per heavy atom. The molecule has 18 heavy (non-hydrogen) atoms. The maximum absolute atomic E-state index is 3.74. The summed E-state index contributed by atoms with van der Waals surface area (Å²) in [6.07, 6.45) is 2.32. The van der Waals surface area contributed by atoms with E-state index in [4.69, 9.17) is 0 Å². The fraction of sp³-hybridized carbons (Fsp3) is 0.333. The van der Waals surface area contributed by atoms with E-state index in [1.165, 1.54) is 20.5 Å². The molecule has 0 saturated carbocycles. The van der Waals surface area contributed by atoms with Gasteiger partial charge in [0.15, 0.2) is 0 Å². The van der Waals surface area contributed by atoms with Gasteiger partial charge in [-0.2, -0.15) is 0 Å². The van der Waals surface area contributed by atoms with E-state index >= 15 is 0 Å². The molecule has 3 rings (SSSR count). The lowest BCUT2D eigenvalue weighted by Gasteiger charge is -2.18. The second kappa shape index (κ2) is 5.16. The zero-order chi connectivity index (χ0) is 12.5. The number of hydrogen-bond donors (Lipinski definition) is 1. The molecule has 1 aromatic carbocycles. The van der Waals surface area contributed by atoms with Gasteiger partial charge in [0.2, 0.25) is 0 Å². The van der Waals surface area contributed by atoms with Gasteiger partial charge >= 0.3 is 0 Å². The van der Waals surface area contributed by atoms with Crippen molar-refractivity contribution >= 4 is 27.3 Å². The van der Waals surface area contributed by atoms with Gasteiger partial charge in [0, 0.05) is 26.8 Å². The fourth-order valence-corrected chi connectivity index (χ4v) is 4.13. The van der Waals surface area contributed by atoms with Crippen LogP contribution in [0.4, 0.5) is 0 Å². The Bertz CT molecular complexity index is 524. The lowest BCUT2D eigenvalue weighted by atomic mass is 10.1. The third-order valence-corrected chi connectivity index (χ3v) is 5.43. The van der Waals surface area contributed by atoms with Gasteiger partial charge in [0.05, 0.1) is 0 Å². The molecule has 2 aromatic rings. The van der Waals surface area contributed by atoms with Gasteiger partial charge in [0.1, 0.15) is 0 Å². The molecule has 0 amide bonds. The topological polar surface area (TPSA) is 12.0 Å². The molecule has 0 aliphatic heterocycles. The SMILES string of the molecule is CC(NC1Cc2ccccc2C1)c1cc(Br)cs1. The molecule has 0 radical (unpaired) electrons. The van der Waals surface area contributed by atoms with Crippen molar-refractivity contribution < 1.29 is 0 Å². The highest BCUT2D eigenvalue weighted by Gasteiger charge is 2.22. The Balaban J connectivity index is 1.66. The second-order valence-corrected chi connectivity index (χ2v) is 6.79. The van der Waals surface area contributed by atoms with Crippen molar-refractivity contribution in [2.75, 3.05) is 0 Å². The van der Waals surface area contributed by atoms with Crippen LogP contribution in [0, 0.1) is 0 Å². The van der Waals surface area contributed by atoms with Crippen molar-refractivity contribution in [2.45, 2.75) is 31.8 Å². The lowest BCUT2D eigenvalue weighted by molar-refractivity contribution is 0.472. The van der Waals surface area contributed by atoms with Crippen LogP contribution in [-0.4, -0.2) is 6.04 Å². The molecular weight excluding hydrogens is 306 g/mol. The largest absolute Gasteiger partial charge is 0.306 e. The maximum Gasteiger partial charge on any atom is 0.0388 e. The Morgan fingerprint density at radius 2 is 1.94 bits per heavy atom. The summed E-state index contributed by atoms with van der Waals surface area (Å²) >= 11 is 5.33. The summed E-state index contributed by atoms with van der Waals surface area (Å²) in [4.78, 5) is 1.40. The molecule has 0 bridgehead atoms. The van der Waals surface area contributed by atoms with E-state index in [1.54, 1.807) is 0 Å². The van der Waals surface area contributed by atoms with Crippen LogP contribution in [0.25, 0.3) is 0 Å². The number of thiophene rings is 1. The van der Waals surface area contributed by atoms with Crippen LogP contribution in [0.2, 0.25) is 0 Å². The Kier molecular flexibility index (Phi) is 3.55. The standard InChI is InChI=1S/C15H16BrNS/c1-10(15-8-13(16)9-18-15)17-14-6-11-4-2-3-5-12(11)7-14/h2-5,8-10,14,17H,6-7H2,1H3. The monoisotopic (exact) mass is 321 g/mol. The predicted molar refractivity (Wildman–Crippen MR) is 81.2 cm³/mol. The molecule has 1 aliphatic rings. The van der Waals surface area contributed by atoms with Crippen molar-refractivity contribution in [3.63, 3.8) is 0 Å². The number of hydrogen-bond acceptors (Lipinski definition) is 2. The summed E-state index contributed by atoms with van der Waals surface area (Å²) in [5.41, 5.74) is 3.02. The Labute approximate surface area is 120 Å². The number of benzene rings is 1. The molecule has 1 N–H and O–H groups in total. The minimum Gasteiger partial charge on any atom is -0.306 e. The molecule has 1 aliphatic carbocycles. The second-order valence-electron chi connectivity index (χ2n) is 4.93. The fourth-order valence-electron chi connectivity index (χ4n) is 2.67. The molecule has 0 fully saturated rings. The minimum absolute atomic E-state index is 0.431. The highest BCUT2D eigenvalue weighted by Crippen LogP contribution is 2.28. The molecule has 1 unspecified atom stereocenters. The quantitative estimate of drug-likeness (QED) is 0.887. The van der Waals surface area contributed by atoms with E-state index in [0.717, 1.165) is 12.8 Å². The van der Waals surface area contributed by atoms with Crippen LogP contribution in [0.5, 0.6) is 0 Å². The molecule has 1 heterocycles. The average Bonchev–Trinajstić information content (AvgIpc) is 2.94. The van der Waals surface area contributed by atoms with Crippen molar-refractivity contribution in [3.05, 3.63) is 56.2 Å². The normalized spacial score (nSPS) is 16.8. The average molecular weight is 322 g/mol. The van der Waals surface area contributed by atoms with E-state index in [1.807, 2.05) is 11.3 Å². The summed E-state index contributed by atoms with van der Waals surface area (Å²) < 4.78 is 1.19. The first-order valence-electron chi connectivity index (χ1n) is 6.29. The molecule has 0 saturated heterocycles. The first kappa shape index (κ1) is 12.4. The zero-order valence-corrected chi connectivity index (χ0v) is 12.7. The summed E-state index contributed by atoms with van der Waals surface area (Å²) in [7, 11) is 0.